The first-order valence-corrected chi connectivity index (χ1v) is 9.70. The summed E-state index contributed by atoms with van der Waals surface area (Å²) in [5, 5.41) is 6.04. The smallest absolute Gasteiger partial charge is 0.277 e. The monoisotopic (exact) mass is 440 g/mol. The van der Waals surface area contributed by atoms with E-state index in [0.29, 0.717) is 5.75 Å². The van der Waals surface area contributed by atoms with Crippen LogP contribution in [0.4, 0.5) is 0 Å². The van der Waals surface area contributed by atoms with Gasteiger partial charge in [0.15, 0.2) is 6.61 Å². The molecule has 144 valence electrons. The van der Waals surface area contributed by atoms with Crippen LogP contribution in [0.25, 0.3) is 10.8 Å². The molecule has 0 aliphatic carbocycles. The minimum absolute atomic E-state index is 0.120. The number of amides is 1. The van der Waals surface area contributed by atoms with Gasteiger partial charge in [-0.15, -0.1) is 0 Å². The zero-order chi connectivity index (χ0) is 19.9. The molecule has 0 unspecified atom stereocenters. The minimum Gasteiger partial charge on any atom is -0.496 e. The summed E-state index contributed by atoms with van der Waals surface area (Å²) in [7, 11) is 1.64. The first kappa shape index (κ1) is 19.9. The van der Waals surface area contributed by atoms with Crippen LogP contribution in [0.2, 0.25) is 0 Å². The van der Waals surface area contributed by atoms with Gasteiger partial charge >= 0.3 is 0 Å². The topological polar surface area (TPSA) is 59.9 Å². The molecule has 0 aromatic heterocycles. The van der Waals surface area contributed by atoms with Gasteiger partial charge in [0.2, 0.25) is 0 Å². The van der Waals surface area contributed by atoms with Gasteiger partial charge in [-0.2, -0.15) is 5.10 Å². The van der Waals surface area contributed by atoms with E-state index >= 15 is 0 Å². The van der Waals surface area contributed by atoms with Crippen LogP contribution >= 0.6 is 15.9 Å². The van der Waals surface area contributed by atoms with Crippen LogP contribution in [0.15, 0.2) is 64.2 Å². The molecule has 3 aromatic carbocycles. The summed E-state index contributed by atoms with van der Waals surface area (Å²) in [6, 6.07) is 17.5. The summed E-state index contributed by atoms with van der Waals surface area (Å²) in [4.78, 5) is 12.0. The summed E-state index contributed by atoms with van der Waals surface area (Å²) < 4.78 is 11.8. The van der Waals surface area contributed by atoms with Crippen LogP contribution in [0.3, 0.4) is 0 Å². The van der Waals surface area contributed by atoms with Gasteiger partial charge in [-0.3, -0.25) is 4.79 Å². The first-order valence-electron chi connectivity index (χ1n) is 8.91. The largest absolute Gasteiger partial charge is 0.496 e. The number of fused-ring (bicyclic) bond motifs is 1. The zero-order valence-electron chi connectivity index (χ0n) is 15.7. The van der Waals surface area contributed by atoms with Crippen LogP contribution in [0.5, 0.6) is 11.5 Å². The Hall–Kier alpha value is -2.86. The molecule has 1 amide bonds. The molecule has 0 aliphatic heterocycles. The van der Waals surface area contributed by atoms with E-state index in [1.807, 2.05) is 54.6 Å². The number of halogens is 1. The number of hydrogen-bond donors (Lipinski definition) is 1. The van der Waals surface area contributed by atoms with E-state index in [0.717, 1.165) is 33.0 Å². The van der Waals surface area contributed by atoms with Crippen molar-refractivity contribution in [3.63, 3.8) is 0 Å². The summed E-state index contributed by atoms with van der Waals surface area (Å²) in [5.74, 6) is 1.09. The number of hydrazone groups is 1. The quantitative estimate of drug-likeness (QED) is 0.427. The lowest BCUT2D eigenvalue weighted by atomic mass is 10.0. The third-order valence-electron chi connectivity index (χ3n) is 4.29. The van der Waals surface area contributed by atoms with Crippen molar-refractivity contribution in [2.75, 3.05) is 13.7 Å². The Balaban J connectivity index is 1.62. The average molecular weight is 441 g/mol. The molecule has 0 saturated heterocycles. The Kier molecular flexibility index (Phi) is 6.66. The fourth-order valence-corrected chi connectivity index (χ4v) is 3.36. The Morgan fingerprint density at radius 2 is 1.86 bits per heavy atom. The van der Waals surface area contributed by atoms with Crippen LogP contribution < -0.4 is 14.9 Å². The van der Waals surface area contributed by atoms with E-state index in [1.165, 1.54) is 5.56 Å². The van der Waals surface area contributed by atoms with Crippen molar-refractivity contribution in [2.24, 2.45) is 5.10 Å². The molecule has 6 heteroatoms. The molecule has 0 radical (unpaired) electrons. The molecule has 0 atom stereocenters. The molecule has 5 nitrogen and oxygen atoms in total. The fraction of sp³-hybridized carbons (Fsp3) is 0.182. The minimum atomic E-state index is -0.333. The number of nitrogens with one attached hydrogen (secondary N) is 1. The fourth-order valence-electron chi connectivity index (χ4n) is 2.82. The number of hydrogen-bond acceptors (Lipinski definition) is 4. The number of carbonyl (C=O) groups excluding carboxylic acids is 1. The SMILES string of the molecule is CCc1ccc(OCC(=O)NN=Cc2ccc(OC)c3ccccc23)c(Br)c1. The lowest BCUT2D eigenvalue weighted by Gasteiger charge is -2.09. The molecular formula is C22H21BrN2O3. The van der Waals surface area contributed by atoms with Crippen LogP contribution in [-0.4, -0.2) is 25.8 Å². The molecule has 0 saturated carbocycles. The predicted molar refractivity (Wildman–Crippen MR) is 115 cm³/mol. The third kappa shape index (κ3) is 4.70. The van der Waals surface area contributed by atoms with E-state index in [9.17, 15) is 4.79 Å². The normalized spacial score (nSPS) is 11.0. The Morgan fingerprint density at radius 3 is 2.57 bits per heavy atom. The van der Waals surface area contributed by atoms with E-state index < -0.39 is 0 Å². The highest BCUT2D eigenvalue weighted by atomic mass is 79.9. The van der Waals surface area contributed by atoms with Gasteiger partial charge in [0, 0.05) is 10.9 Å². The summed E-state index contributed by atoms with van der Waals surface area (Å²) in [6.07, 6.45) is 2.56. The lowest BCUT2D eigenvalue weighted by molar-refractivity contribution is -0.123. The highest BCUT2D eigenvalue weighted by molar-refractivity contribution is 9.10. The van der Waals surface area contributed by atoms with E-state index in [1.54, 1.807) is 13.3 Å². The number of aryl methyl sites for hydroxylation is 1. The van der Waals surface area contributed by atoms with E-state index in [-0.39, 0.29) is 12.5 Å². The van der Waals surface area contributed by atoms with Gasteiger partial charge in [-0.1, -0.05) is 37.3 Å². The van der Waals surface area contributed by atoms with Crippen LogP contribution in [-0.2, 0) is 11.2 Å². The summed E-state index contributed by atoms with van der Waals surface area (Å²) >= 11 is 3.46. The maximum Gasteiger partial charge on any atom is 0.277 e. The number of carbonyl (C=O) groups is 1. The summed E-state index contributed by atoms with van der Waals surface area (Å²) in [6.45, 7) is 1.96. The molecule has 0 fully saturated rings. The molecule has 28 heavy (non-hydrogen) atoms. The highest BCUT2D eigenvalue weighted by Crippen LogP contribution is 2.27. The van der Waals surface area contributed by atoms with Gasteiger partial charge in [0.25, 0.3) is 5.91 Å². The lowest BCUT2D eigenvalue weighted by Crippen LogP contribution is -2.24. The van der Waals surface area contributed by atoms with Crippen LogP contribution in [0, 0.1) is 0 Å². The molecule has 0 aliphatic rings. The van der Waals surface area contributed by atoms with Crippen molar-refractivity contribution in [2.45, 2.75) is 13.3 Å². The highest BCUT2D eigenvalue weighted by Gasteiger charge is 2.07. The Morgan fingerprint density at radius 1 is 1.11 bits per heavy atom. The molecule has 3 aromatic rings. The average Bonchev–Trinajstić information content (AvgIpc) is 2.72. The number of rotatable bonds is 7. The molecule has 1 N–H and O–H groups in total. The zero-order valence-corrected chi connectivity index (χ0v) is 17.3. The van der Waals surface area contributed by atoms with Crippen molar-refractivity contribution in [3.8, 4) is 11.5 Å². The van der Waals surface area contributed by atoms with Gasteiger partial charge in [-0.05, 0) is 57.6 Å². The molecular weight excluding hydrogens is 420 g/mol. The van der Waals surface area contributed by atoms with Gasteiger partial charge in [0.1, 0.15) is 11.5 Å². The van der Waals surface area contributed by atoms with Crippen molar-refractivity contribution in [3.05, 3.63) is 70.2 Å². The third-order valence-corrected chi connectivity index (χ3v) is 4.91. The number of benzene rings is 3. The maximum atomic E-state index is 12.0. The van der Waals surface area contributed by atoms with Crippen molar-refractivity contribution in [1.29, 1.82) is 0 Å². The van der Waals surface area contributed by atoms with Crippen molar-refractivity contribution in [1.82, 2.24) is 5.43 Å². The molecule has 0 heterocycles. The molecule has 0 spiro atoms. The molecule has 0 bridgehead atoms. The number of ether oxygens (including phenoxy) is 2. The second-order valence-electron chi connectivity index (χ2n) is 6.10. The van der Waals surface area contributed by atoms with E-state index in [2.05, 4.69) is 33.4 Å². The predicted octanol–water partition coefficient (Wildman–Crippen LogP) is 4.70. The standard InChI is InChI=1S/C22H21BrN2O3/c1-3-15-8-10-21(19(23)12-15)28-14-22(26)25-24-13-16-9-11-20(27-2)18-7-5-4-6-17(16)18/h4-13H,3,14H2,1-2H3,(H,25,26). The molecule has 3 rings (SSSR count). The van der Waals surface area contributed by atoms with E-state index in [4.69, 9.17) is 9.47 Å². The maximum absolute atomic E-state index is 12.0. The van der Waals surface area contributed by atoms with Crippen molar-refractivity contribution < 1.29 is 14.3 Å². The second kappa shape index (κ2) is 9.37. The van der Waals surface area contributed by atoms with Gasteiger partial charge in [0.05, 0.1) is 17.8 Å². The van der Waals surface area contributed by atoms with Crippen molar-refractivity contribution >= 4 is 38.8 Å². The number of nitrogens with zero attached hydrogens (tertiary/aromatic N) is 1. The first-order chi connectivity index (χ1) is 13.6. The van der Waals surface area contributed by atoms with Gasteiger partial charge in [-0.25, -0.2) is 5.43 Å². The second-order valence-corrected chi connectivity index (χ2v) is 6.96. The van der Waals surface area contributed by atoms with Crippen LogP contribution in [0.1, 0.15) is 18.1 Å². The Bertz CT molecular complexity index is 1020. The summed E-state index contributed by atoms with van der Waals surface area (Å²) in [5.41, 5.74) is 4.57. The van der Waals surface area contributed by atoms with Gasteiger partial charge < -0.3 is 9.47 Å². The number of methoxy groups -OCH3 is 1. The Labute approximate surface area is 172 Å².